The minimum Gasteiger partial charge on any atom is -0.454 e. The van der Waals surface area contributed by atoms with Crippen LogP contribution in [0.15, 0.2) is 36.4 Å². The molecule has 0 unspecified atom stereocenters. The van der Waals surface area contributed by atoms with Gasteiger partial charge in [-0.05, 0) is 76.8 Å². The fraction of sp³-hybridized carbons (Fsp3) is 0.462. The molecule has 0 spiro atoms. The van der Waals surface area contributed by atoms with Gasteiger partial charge in [-0.25, -0.2) is 0 Å². The number of benzene rings is 2. The normalized spacial score (nSPS) is 17.4. The number of ketones is 1. The van der Waals surface area contributed by atoms with Crippen LogP contribution >= 0.6 is 11.6 Å². The second-order valence-corrected chi connectivity index (χ2v) is 10.6. The van der Waals surface area contributed by atoms with Crippen molar-refractivity contribution in [2.75, 3.05) is 19.0 Å². The van der Waals surface area contributed by atoms with Gasteiger partial charge in [0.1, 0.15) is 23.1 Å². The molecular weight excluding hydrogens is 422 g/mol. The van der Waals surface area contributed by atoms with Gasteiger partial charge in [0.25, 0.3) is 0 Å². The molecule has 1 fully saturated rings. The van der Waals surface area contributed by atoms with Crippen molar-refractivity contribution in [3.8, 4) is 17.6 Å². The van der Waals surface area contributed by atoms with E-state index in [4.69, 9.17) is 16.3 Å². The molecule has 0 atom stereocenters. The highest BCUT2D eigenvalue weighted by molar-refractivity contribution is 6.32. The summed E-state index contributed by atoms with van der Waals surface area (Å²) in [6.07, 6.45) is 2.40. The standard InChI is InChI=1S/C26H32ClN3O2/c1-25(2)14-17(15-26(3,4)29-25)12-22(31)18-10-11-24(20(27)13-18)32-23-9-7-8-21(30(5)6)19(23)16-28/h7-11,13,17,29H,12,14-15H2,1-6H3. The van der Waals surface area contributed by atoms with Gasteiger partial charge in [-0.15, -0.1) is 0 Å². The number of halogens is 1. The zero-order valence-corrected chi connectivity index (χ0v) is 20.5. The van der Waals surface area contributed by atoms with E-state index in [-0.39, 0.29) is 16.9 Å². The Balaban J connectivity index is 1.77. The summed E-state index contributed by atoms with van der Waals surface area (Å²) in [6.45, 7) is 8.76. The number of carbonyl (C=O) groups excluding carboxylic acids is 1. The number of hydrogen-bond donors (Lipinski definition) is 1. The molecule has 0 saturated carbocycles. The first-order chi connectivity index (χ1) is 14.9. The van der Waals surface area contributed by atoms with E-state index in [2.05, 4.69) is 39.1 Å². The van der Waals surface area contributed by atoms with Gasteiger partial charge in [-0.3, -0.25) is 4.79 Å². The molecule has 1 N–H and O–H groups in total. The Kier molecular flexibility index (Phi) is 6.88. The topological polar surface area (TPSA) is 65.4 Å². The molecule has 2 aromatic rings. The molecule has 0 aromatic heterocycles. The Bertz CT molecular complexity index is 1040. The van der Waals surface area contributed by atoms with Crippen LogP contribution < -0.4 is 15.0 Å². The number of piperidine rings is 1. The molecule has 3 rings (SSSR count). The molecule has 1 aliphatic heterocycles. The largest absolute Gasteiger partial charge is 0.454 e. The van der Waals surface area contributed by atoms with E-state index in [9.17, 15) is 10.1 Å². The summed E-state index contributed by atoms with van der Waals surface area (Å²) in [4.78, 5) is 14.9. The van der Waals surface area contributed by atoms with Crippen molar-refractivity contribution in [1.82, 2.24) is 5.32 Å². The number of nitrogens with zero attached hydrogens (tertiary/aromatic N) is 2. The summed E-state index contributed by atoms with van der Waals surface area (Å²) in [5, 5.41) is 13.6. The van der Waals surface area contributed by atoms with E-state index >= 15 is 0 Å². The second kappa shape index (κ2) is 9.13. The average molecular weight is 454 g/mol. The number of hydrogen-bond acceptors (Lipinski definition) is 5. The molecule has 0 radical (unpaired) electrons. The van der Waals surface area contributed by atoms with Crippen LogP contribution in [-0.2, 0) is 0 Å². The summed E-state index contributed by atoms with van der Waals surface area (Å²) in [5.74, 6) is 1.25. The van der Waals surface area contributed by atoms with E-state index in [1.165, 1.54) is 0 Å². The zero-order chi connectivity index (χ0) is 23.7. The molecule has 0 aliphatic carbocycles. The number of nitrogens with one attached hydrogen (secondary N) is 1. The predicted octanol–water partition coefficient (Wildman–Crippen LogP) is 6.20. The van der Waals surface area contributed by atoms with Crippen molar-refractivity contribution < 1.29 is 9.53 Å². The first kappa shape index (κ1) is 24.1. The molecule has 6 heteroatoms. The van der Waals surface area contributed by atoms with Crippen LogP contribution in [0.1, 0.15) is 62.9 Å². The summed E-state index contributed by atoms with van der Waals surface area (Å²) >= 11 is 6.47. The van der Waals surface area contributed by atoms with Crippen molar-refractivity contribution in [2.45, 2.75) is 58.0 Å². The minimum absolute atomic E-state index is 0.00157. The van der Waals surface area contributed by atoms with Crippen LogP contribution in [0.5, 0.6) is 11.5 Å². The molecule has 0 bridgehead atoms. The van der Waals surface area contributed by atoms with E-state index in [1.54, 1.807) is 24.3 Å². The molecular formula is C26H32ClN3O2. The Morgan fingerprint density at radius 2 is 1.81 bits per heavy atom. The number of ether oxygens (including phenoxy) is 1. The number of rotatable bonds is 6. The lowest BCUT2D eigenvalue weighted by Crippen LogP contribution is -2.57. The maximum atomic E-state index is 13.0. The molecule has 1 saturated heterocycles. The molecule has 170 valence electrons. The third-order valence-electron chi connectivity index (χ3n) is 5.82. The summed E-state index contributed by atoms with van der Waals surface area (Å²) < 4.78 is 5.96. The minimum atomic E-state index is 0.00157. The maximum Gasteiger partial charge on any atom is 0.163 e. The van der Waals surface area contributed by atoms with Crippen molar-refractivity contribution >= 4 is 23.1 Å². The van der Waals surface area contributed by atoms with Gasteiger partial charge in [0.15, 0.2) is 5.78 Å². The third kappa shape index (κ3) is 5.62. The number of Topliss-reactive ketones (excluding diaryl/α,β-unsaturated/α-hetero) is 1. The molecule has 5 nitrogen and oxygen atoms in total. The van der Waals surface area contributed by atoms with Crippen molar-refractivity contribution in [3.63, 3.8) is 0 Å². The lowest BCUT2D eigenvalue weighted by atomic mass is 9.74. The number of nitriles is 1. The van der Waals surface area contributed by atoms with E-state index in [0.29, 0.717) is 40.0 Å². The van der Waals surface area contributed by atoms with E-state index in [0.717, 1.165) is 18.5 Å². The smallest absolute Gasteiger partial charge is 0.163 e. The number of anilines is 1. The molecule has 2 aromatic carbocycles. The van der Waals surface area contributed by atoms with Gasteiger partial charge in [0.2, 0.25) is 0 Å². The fourth-order valence-electron chi connectivity index (χ4n) is 5.02. The van der Waals surface area contributed by atoms with Crippen molar-refractivity contribution in [3.05, 3.63) is 52.5 Å². The second-order valence-electron chi connectivity index (χ2n) is 10.2. The Morgan fingerprint density at radius 3 is 2.38 bits per heavy atom. The van der Waals surface area contributed by atoms with E-state index < -0.39 is 0 Å². The van der Waals surface area contributed by atoms with Crippen LogP contribution in [0.25, 0.3) is 0 Å². The molecule has 1 aliphatic rings. The van der Waals surface area contributed by atoms with Gasteiger partial charge in [0, 0.05) is 37.2 Å². The van der Waals surface area contributed by atoms with Crippen molar-refractivity contribution in [1.29, 1.82) is 5.26 Å². The third-order valence-corrected chi connectivity index (χ3v) is 6.12. The highest BCUT2D eigenvalue weighted by atomic mass is 35.5. The van der Waals surface area contributed by atoms with Crippen LogP contribution in [0.2, 0.25) is 5.02 Å². The van der Waals surface area contributed by atoms with Crippen LogP contribution in [-0.4, -0.2) is 31.0 Å². The Labute approximate surface area is 196 Å². The van der Waals surface area contributed by atoms with Crippen LogP contribution in [0.3, 0.4) is 0 Å². The summed E-state index contributed by atoms with van der Waals surface area (Å²) in [7, 11) is 3.75. The lowest BCUT2D eigenvalue weighted by molar-refractivity contribution is 0.0864. The monoisotopic (exact) mass is 453 g/mol. The van der Waals surface area contributed by atoms with Crippen LogP contribution in [0.4, 0.5) is 5.69 Å². The first-order valence-electron chi connectivity index (χ1n) is 10.9. The number of carbonyl (C=O) groups is 1. The molecule has 32 heavy (non-hydrogen) atoms. The average Bonchev–Trinajstić information content (AvgIpc) is 2.66. The molecule has 0 amide bonds. The van der Waals surface area contributed by atoms with Crippen molar-refractivity contribution in [2.24, 2.45) is 5.92 Å². The maximum absolute atomic E-state index is 13.0. The summed E-state index contributed by atoms with van der Waals surface area (Å²) in [5.41, 5.74) is 1.79. The highest BCUT2D eigenvalue weighted by Gasteiger charge is 2.38. The van der Waals surface area contributed by atoms with Gasteiger partial charge < -0.3 is 15.0 Å². The zero-order valence-electron chi connectivity index (χ0n) is 19.8. The fourth-order valence-corrected chi connectivity index (χ4v) is 5.24. The molecule has 1 heterocycles. The van der Waals surface area contributed by atoms with Gasteiger partial charge in [-0.1, -0.05) is 17.7 Å². The lowest BCUT2D eigenvalue weighted by Gasteiger charge is -2.46. The first-order valence-corrected chi connectivity index (χ1v) is 11.3. The Hall–Kier alpha value is -2.55. The van der Waals surface area contributed by atoms with Gasteiger partial charge in [0.05, 0.1) is 10.7 Å². The Morgan fingerprint density at radius 1 is 1.16 bits per heavy atom. The summed E-state index contributed by atoms with van der Waals surface area (Å²) in [6, 6.07) is 12.8. The quantitative estimate of drug-likeness (QED) is 0.527. The van der Waals surface area contributed by atoms with Crippen LogP contribution in [0, 0.1) is 17.2 Å². The van der Waals surface area contributed by atoms with E-state index in [1.807, 2.05) is 31.1 Å². The predicted molar refractivity (Wildman–Crippen MR) is 130 cm³/mol. The highest BCUT2D eigenvalue weighted by Crippen LogP contribution is 2.37. The van der Waals surface area contributed by atoms with Gasteiger partial charge in [-0.2, -0.15) is 5.26 Å². The SMILES string of the molecule is CN(C)c1cccc(Oc2ccc(C(=O)CC3CC(C)(C)NC(C)(C)C3)cc2Cl)c1C#N. The van der Waals surface area contributed by atoms with Gasteiger partial charge >= 0.3 is 0 Å².